The Kier molecular flexibility index (Phi) is 2.94. The van der Waals surface area contributed by atoms with Gasteiger partial charge in [0.2, 0.25) is 5.43 Å². The highest BCUT2D eigenvalue weighted by Crippen LogP contribution is 2.34. The second kappa shape index (κ2) is 4.66. The molecule has 106 valence electrons. The molecule has 2 aromatic carbocycles. The number of fused-ring (bicyclic) bond motifs is 1. The van der Waals surface area contributed by atoms with Crippen molar-refractivity contribution in [1.29, 1.82) is 0 Å². The van der Waals surface area contributed by atoms with Crippen molar-refractivity contribution in [1.82, 2.24) is 0 Å². The van der Waals surface area contributed by atoms with Crippen LogP contribution in [0.15, 0.2) is 45.8 Å². The Morgan fingerprint density at radius 1 is 1.05 bits per heavy atom. The van der Waals surface area contributed by atoms with Crippen LogP contribution in [0.5, 0.6) is 11.5 Å². The lowest BCUT2D eigenvalue weighted by Gasteiger charge is -2.07. The minimum atomic E-state index is -0.319. The Bertz CT molecular complexity index is 889. The summed E-state index contributed by atoms with van der Waals surface area (Å²) in [6, 6.07) is 8.81. The van der Waals surface area contributed by atoms with Gasteiger partial charge < -0.3 is 14.6 Å². The first-order valence-corrected chi connectivity index (χ1v) is 6.53. The summed E-state index contributed by atoms with van der Waals surface area (Å²) >= 11 is 0. The first-order chi connectivity index (χ1) is 9.99. The molecule has 4 nitrogen and oxygen atoms in total. The molecule has 0 radical (unpaired) electrons. The van der Waals surface area contributed by atoms with E-state index in [4.69, 9.17) is 4.42 Å². The van der Waals surface area contributed by atoms with Crippen molar-refractivity contribution in [2.24, 2.45) is 0 Å². The van der Waals surface area contributed by atoms with Gasteiger partial charge in [-0.15, -0.1) is 0 Å². The molecule has 0 atom stereocenters. The van der Waals surface area contributed by atoms with Gasteiger partial charge in [-0.05, 0) is 19.4 Å². The van der Waals surface area contributed by atoms with Gasteiger partial charge in [0, 0.05) is 11.6 Å². The SMILES string of the molecule is Cc1ccc(-c2coc3cc(O)c(C)c(O)c3c2=O)cc1. The third kappa shape index (κ3) is 2.05. The van der Waals surface area contributed by atoms with E-state index < -0.39 is 0 Å². The van der Waals surface area contributed by atoms with Gasteiger partial charge in [-0.2, -0.15) is 0 Å². The lowest BCUT2D eigenvalue weighted by atomic mass is 10.0. The molecule has 0 amide bonds. The molecule has 0 aliphatic rings. The molecule has 0 unspecified atom stereocenters. The Balaban J connectivity index is 2.35. The van der Waals surface area contributed by atoms with Gasteiger partial charge in [0.05, 0.1) is 5.56 Å². The van der Waals surface area contributed by atoms with Crippen molar-refractivity contribution in [3.05, 3.63) is 57.9 Å². The van der Waals surface area contributed by atoms with Gasteiger partial charge in [-0.3, -0.25) is 4.79 Å². The Hall–Kier alpha value is -2.75. The van der Waals surface area contributed by atoms with Crippen LogP contribution in [0.2, 0.25) is 0 Å². The minimum absolute atomic E-state index is 0.0865. The molecule has 0 saturated heterocycles. The summed E-state index contributed by atoms with van der Waals surface area (Å²) in [5.41, 5.74) is 2.30. The monoisotopic (exact) mass is 282 g/mol. The van der Waals surface area contributed by atoms with E-state index >= 15 is 0 Å². The van der Waals surface area contributed by atoms with Crippen LogP contribution in [0.25, 0.3) is 22.1 Å². The van der Waals surface area contributed by atoms with Gasteiger partial charge in [0.1, 0.15) is 28.7 Å². The molecule has 1 aromatic heterocycles. The molecule has 21 heavy (non-hydrogen) atoms. The fourth-order valence-corrected chi connectivity index (χ4v) is 2.29. The number of benzene rings is 2. The van der Waals surface area contributed by atoms with Crippen molar-refractivity contribution in [3.63, 3.8) is 0 Å². The summed E-state index contributed by atoms with van der Waals surface area (Å²) in [6.45, 7) is 3.51. The number of hydrogen-bond donors (Lipinski definition) is 2. The quantitative estimate of drug-likeness (QED) is 0.716. The van der Waals surface area contributed by atoms with Crippen LogP contribution in [0.4, 0.5) is 0 Å². The summed E-state index contributed by atoms with van der Waals surface area (Å²) in [5.74, 6) is -0.348. The third-order valence-corrected chi connectivity index (χ3v) is 3.63. The Labute approximate surface area is 120 Å². The highest BCUT2D eigenvalue weighted by molar-refractivity contribution is 5.89. The first-order valence-electron chi connectivity index (χ1n) is 6.53. The largest absolute Gasteiger partial charge is 0.507 e. The summed E-state index contributed by atoms with van der Waals surface area (Å²) in [5, 5.41) is 19.9. The fraction of sp³-hybridized carbons (Fsp3) is 0.118. The molecular weight excluding hydrogens is 268 g/mol. The number of hydrogen-bond acceptors (Lipinski definition) is 4. The van der Waals surface area contributed by atoms with E-state index in [-0.39, 0.29) is 33.5 Å². The molecule has 0 aliphatic carbocycles. The van der Waals surface area contributed by atoms with Crippen LogP contribution in [-0.2, 0) is 0 Å². The number of aromatic hydroxyl groups is 2. The van der Waals surface area contributed by atoms with Crippen LogP contribution in [-0.4, -0.2) is 10.2 Å². The Morgan fingerprint density at radius 3 is 2.38 bits per heavy atom. The second-order valence-corrected chi connectivity index (χ2v) is 5.09. The lowest BCUT2D eigenvalue weighted by Crippen LogP contribution is -2.05. The van der Waals surface area contributed by atoms with E-state index in [1.807, 2.05) is 31.2 Å². The van der Waals surface area contributed by atoms with E-state index in [9.17, 15) is 15.0 Å². The molecule has 2 N–H and O–H groups in total. The summed E-state index contributed by atoms with van der Waals surface area (Å²) in [4.78, 5) is 12.6. The van der Waals surface area contributed by atoms with E-state index in [2.05, 4.69) is 0 Å². The average molecular weight is 282 g/mol. The fourth-order valence-electron chi connectivity index (χ4n) is 2.29. The minimum Gasteiger partial charge on any atom is -0.507 e. The van der Waals surface area contributed by atoms with Gasteiger partial charge in [0.25, 0.3) is 0 Å². The standard InChI is InChI=1S/C17H14O4/c1-9-3-5-11(6-4-9)12-8-21-14-7-13(18)10(2)16(19)15(14)17(12)20/h3-8,18-19H,1-2H3. The molecule has 4 heteroatoms. The molecule has 3 rings (SSSR count). The second-order valence-electron chi connectivity index (χ2n) is 5.09. The highest BCUT2D eigenvalue weighted by atomic mass is 16.3. The predicted octanol–water partition coefficient (Wildman–Crippen LogP) is 3.49. The predicted molar refractivity (Wildman–Crippen MR) is 80.7 cm³/mol. The third-order valence-electron chi connectivity index (χ3n) is 3.63. The normalized spacial score (nSPS) is 11.0. The molecule has 3 aromatic rings. The van der Waals surface area contributed by atoms with Gasteiger partial charge >= 0.3 is 0 Å². The Morgan fingerprint density at radius 2 is 1.71 bits per heavy atom. The van der Waals surface area contributed by atoms with E-state index in [0.29, 0.717) is 5.56 Å². The van der Waals surface area contributed by atoms with Gasteiger partial charge in [-0.1, -0.05) is 29.8 Å². The molecule has 0 bridgehead atoms. The molecule has 0 saturated carbocycles. The maximum atomic E-state index is 12.6. The van der Waals surface area contributed by atoms with Crippen molar-refractivity contribution >= 4 is 11.0 Å². The maximum Gasteiger partial charge on any atom is 0.204 e. The van der Waals surface area contributed by atoms with E-state index in [0.717, 1.165) is 11.1 Å². The van der Waals surface area contributed by atoms with Crippen LogP contribution in [0.1, 0.15) is 11.1 Å². The molecule has 1 heterocycles. The molecule has 0 aliphatic heterocycles. The van der Waals surface area contributed by atoms with Gasteiger partial charge in [-0.25, -0.2) is 0 Å². The number of phenols is 2. The molecule has 0 fully saturated rings. The molecule has 0 spiro atoms. The van der Waals surface area contributed by atoms with Crippen molar-refractivity contribution in [2.45, 2.75) is 13.8 Å². The van der Waals surface area contributed by atoms with Crippen molar-refractivity contribution in [2.75, 3.05) is 0 Å². The van der Waals surface area contributed by atoms with Crippen LogP contribution >= 0.6 is 0 Å². The summed E-state index contributed by atoms with van der Waals surface area (Å²) in [6.07, 6.45) is 1.35. The number of aryl methyl sites for hydroxylation is 1. The maximum absolute atomic E-state index is 12.6. The highest BCUT2D eigenvalue weighted by Gasteiger charge is 2.16. The van der Waals surface area contributed by atoms with Crippen LogP contribution in [0.3, 0.4) is 0 Å². The summed E-state index contributed by atoms with van der Waals surface area (Å²) in [7, 11) is 0. The van der Waals surface area contributed by atoms with Crippen molar-refractivity contribution in [3.8, 4) is 22.6 Å². The van der Waals surface area contributed by atoms with E-state index in [1.54, 1.807) is 6.92 Å². The van der Waals surface area contributed by atoms with Crippen LogP contribution in [0, 0.1) is 13.8 Å². The van der Waals surface area contributed by atoms with E-state index in [1.165, 1.54) is 12.3 Å². The zero-order valence-electron chi connectivity index (χ0n) is 11.7. The first kappa shape index (κ1) is 13.2. The van der Waals surface area contributed by atoms with Gasteiger partial charge in [0.15, 0.2) is 0 Å². The summed E-state index contributed by atoms with van der Waals surface area (Å²) < 4.78 is 5.40. The zero-order valence-corrected chi connectivity index (χ0v) is 11.7. The lowest BCUT2D eigenvalue weighted by molar-refractivity contribution is 0.445. The topological polar surface area (TPSA) is 70.7 Å². The van der Waals surface area contributed by atoms with Crippen LogP contribution < -0.4 is 5.43 Å². The number of rotatable bonds is 1. The van der Waals surface area contributed by atoms with Crippen molar-refractivity contribution < 1.29 is 14.6 Å². The smallest absolute Gasteiger partial charge is 0.204 e. The molecular formula is C17H14O4. The average Bonchev–Trinajstić information content (AvgIpc) is 2.46. The number of phenolic OH excluding ortho intramolecular Hbond substituents is 2. The zero-order chi connectivity index (χ0) is 15.1.